The summed E-state index contributed by atoms with van der Waals surface area (Å²) >= 11 is 6.06. The fourth-order valence-electron chi connectivity index (χ4n) is 2.99. The normalized spacial score (nSPS) is 16.9. The third-order valence-electron chi connectivity index (χ3n) is 4.19. The van der Waals surface area contributed by atoms with Gasteiger partial charge in [0.05, 0.1) is 11.1 Å². The zero-order chi connectivity index (χ0) is 16.9. The van der Waals surface area contributed by atoms with Crippen LogP contribution in [0.1, 0.15) is 24.4 Å². The Balaban J connectivity index is 1.68. The average Bonchev–Trinajstić information content (AvgIpc) is 3.11. The topological polar surface area (TPSA) is 54.5 Å². The zero-order valence-corrected chi connectivity index (χ0v) is 14.3. The Kier molecular flexibility index (Phi) is 5.20. The van der Waals surface area contributed by atoms with Gasteiger partial charge in [0.1, 0.15) is 11.6 Å². The summed E-state index contributed by atoms with van der Waals surface area (Å²) in [7, 11) is 1.83. The van der Waals surface area contributed by atoms with E-state index in [0.717, 1.165) is 30.8 Å². The van der Waals surface area contributed by atoms with Gasteiger partial charge in [-0.1, -0.05) is 23.7 Å². The highest BCUT2D eigenvalue weighted by molar-refractivity contribution is 6.32. The highest BCUT2D eigenvalue weighted by Crippen LogP contribution is 2.33. The molecule has 0 spiro atoms. The van der Waals surface area contributed by atoms with Crippen LogP contribution in [0.2, 0.25) is 5.02 Å². The van der Waals surface area contributed by atoms with Crippen LogP contribution in [-0.4, -0.2) is 36.0 Å². The van der Waals surface area contributed by atoms with Crippen LogP contribution in [0.15, 0.2) is 42.6 Å². The summed E-state index contributed by atoms with van der Waals surface area (Å²) in [6.07, 6.45) is 3.70. The van der Waals surface area contributed by atoms with Crippen molar-refractivity contribution in [2.75, 3.05) is 25.5 Å². The third kappa shape index (κ3) is 3.62. The van der Waals surface area contributed by atoms with Crippen LogP contribution < -0.4 is 10.1 Å². The Morgan fingerprint density at radius 1 is 1.42 bits per heavy atom. The second kappa shape index (κ2) is 7.53. The van der Waals surface area contributed by atoms with Crippen LogP contribution in [0.5, 0.6) is 5.75 Å². The first-order valence-electron chi connectivity index (χ1n) is 7.99. The number of hydrogen-bond acceptors (Lipinski definition) is 4. The van der Waals surface area contributed by atoms with Crippen molar-refractivity contribution in [3.63, 3.8) is 0 Å². The molecule has 1 fully saturated rings. The van der Waals surface area contributed by atoms with Crippen molar-refractivity contribution < 1.29 is 9.53 Å². The van der Waals surface area contributed by atoms with Crippen LogP contribution in [-0.2, 0) is 4.79 Å². The van der Waals surface area contributed by atoms with Crippen molar-refractivity contribution in [1.29, 1.82) is 0 Å². The molecule has 0 saturated carbocycles. The summed E-state index contributed by atoms with van der Waals surface area (Å²) in [5.74, 6) is 1.31. The highest BCUT2D eigenvalue weighted by Gasteiger charge is 2.30. The average molecular weight is 346 g/mol. The van der Waals surface area contributed by atoms with E-state index in [-0.39, 0.29) is 18.6 Å². The number of para-hydroxylation sites is 1. The number of nitrogens with zero attached hydrogens (tertiary/aromatic N) is 2. The quantitative estimate of drug-likeness (QED) is 0.900. The first kappa shape index (κ1) is 16.6. The molecule has 5 nitrogen and oxygen atoms in total. The number of pyridine rings is 1. The largest absolute Gasteiger partial charge is 0.482 e. The molecule has 1 amide bonds. The molecule has 1 atom stereocenters. The van der Waals surface area contributed by atoms with Gasteiger partial charge in [-0.15, -0.1) is 0 Å². The molecular formula is C18H20ClN3O2. The molecule has 1 saturated heterocycles. The van der Waals surface area contributed by atoms with E-state index in [9.17, 15) is 4.79 Å². The number of ether oxygens (including phenoxy) is 1. The summed E-state index contributed by atoms with van der Waals surface area (Å²) in [4.78, 5) is 18.7. The molecule has 1 N–H and O–H groups in total. The minimum absolute atomic E-state index is 0.00972. The lowest BCUT2D eigenvalue weighted by Gasteiger charge is -2.25. The molecule has 2 aromatic rings. The maximum absolute atomic E-state index is 12.6. The molecule has 2 heterocycles. The smallest absolute Gasteiger partial charge is 0.261 e. The van der Waals surface area contributed by atoms with E-state index in [1.54, 1.807) is 18.3 Å². The molecule has 1 aliphatic heterocycles. The van der Waals surface area contributed by atoms with Gasteiger partial charge in [0.25, 0.3) is 5.91 Å². The predicted octanol–water partition coefficient (Wildman–Crippen LogP) is 3.52. The number of likely N-dealkylation sites (tertiary alicyclic amines) is 1. The van der Waals surface area contributed by atoms with E-state index in [2.05, 4.69) is 10.3 Å². The Labute approximate surface area is 146 Å². The van der Waals surface area contributed by atoms with Gasteiger partial charge < -0.3 is 15.0 Å². The van der Waals surface area contributed by atoms with Gasteiger partial charge in [-0.2, -0.15) is 0 Å². The lowest BCUT2D eigenvalue weighted by atomic mass is 10.1. The standard InChI is InChI=1S/C18H20ClN3O2/c1-20-17-11-13(8-9-21-17)15-6-4-10-22(15)18(23)12-24-16-7-3-2-5-14(16)19/h2-3,5,7-9,11,15H,4,6,10,12H2,1H3,(H,20,21)/t15-/m1/s1. The third-order valence-corrected chi connectivity index (χ3v) is 4.50. The number of amides is 1. The molecule has 24 heavy (non-hydrogen) atoms. The van der Waals surface area contributed by atoms with E-state index in [1.165, 1.54) is 0 Å². The number of halogens is 1. The molecule has 0 unspecified atom stereocenters. The van der Waals surface area contributed by atoms with Gasteiger partial charge in [-0.25, -0.2) is 4.98 Å². The van der Waals surface area contributed by atoms with Crippen molar-refractivity contribution in [3.8, 4) is 5.75 Å². The summed E-state index contributed by atoms with van der Waals surface area (Å²) in [5, 5.41) is 3.54. The number of benzene rings is 1. The van der Waals surface area contributed by atoms with Crippen molar-refractivity contribution in [2.45, 2.75) is 18.9 Å². The van der Waals surface area contributed by atoms with Gasteiger partial charge in [-0.05, 0) is 42.7 Å². The SMILES string of the molecule is CNc1cc([C@H]2CCCN2C(=O)COc2ccccc2Cl)ccn1. The fraction of sp³-hybridized carbons (Fsp3) is 0.333. The Morgan fingerprint density at radius 3 is 3.04 bits per heavy atom. The zero-order valence-electron chi connectivity index (χ0n) is 13.5. The first-order chi connectivity index (χ1) is 11.7. The highest BCUT2D eigenvalue weighted by atomic mass is 35.5. The van der Waals surface area contributed by atoms with E-state index in [0.29, 0.717) is 10.8 Å². The summed E-state index contributed by atoms with van der Waals surface area (Å²) in [6.45, 7) is 0.733. The molecular weight excluding hydrogens is 326 g/mol. The van der Waals surface area contributed by atoms with Crippen LogP contribution >= 0.6 is 11.6 Å². The maximum Gasteiger partial charge on any atom is 0.261 e. The second-order valence-corrected chi connectivity index (χ2v) is 6.10. The molecule has 1 aliphatic rings. The lowest BCUT2D eigenvalue weighted by Crippen LogP contribution is -2.34. The van der Waals surface area contributed by atoms with E-state index >= 15 is 0 Å². The molecule has 0 aliphatic carbocycles. The number of rotatable bonds is 5. The van der Waals surface area contributed by atoms with Crippen LogP contribution in [0.25, 0.3) is 0 Å². The Hall–Kier alpha value is -2.27. The fourth-order valence-corrected chi connectivity index (χ4v) is 3.18. The van der Waals surface area contributed by atoms with Crippen molar-refractivity contribution in [2.24, 2.45) is 0 Å². The minimum Gasteiger partial charge on any atom is -0.482 e. The summed E-state index contributed by atoms with van der Waals surface area (Å²) in [6, 6.07) is 11.2. The number of hydrogen-bond donors (Lipinski definition) is 1. The lowest BCUT2D eigenvalue weighted by molar-refractivity contribution is -0.134. The first-order valence-corrected chi connectivity index (χ1v) is 8.37. The molecule has 126 valence electrons. The van der Waals surface area contributed by atoms with Crippen molar-refractivity contribution in [1.82, 2.24) is 9.88 Å². The molecule has 1 aromatic heterocycles. The van der Waals surface area contributed by atoms with Crippen LogP contribution in [0.4, 0.5) is 5.82 Å². The number of carbonyl (C=O) groups excluding carboxylic acids is 1. The van der Waals surface area contributed by atoms with Crippen LogP contribution in [0.3, 0.4) is 0 Å². The molecule has 0 bridgehead atoms. The van der Waals surface area contributed by atoms with Gasteiger partial charge in [0, 0.05) is 19.8 Å². The predicted molar refractivity (Wildman–Crippen MR) is 94.4 cm³/mol. The van der Waals surface area contributed by atoms with Gasteiger partial charge in [0.15, 0.2) is 6.61 Å². The minimum atomic E-state index is -0.0276. The van der Waals surface area contributed by atoms with E-state index in [4.69, 9.17) is 16.3 Å². The summed E-state index contributed by atoms with van der Waals surface area (Å²) < 4.78 is 5.59. The molecule has 1 aromatic carbocycles. The maximum atomic E-state index is 12.6. The number of anilines is 1. The van der Waals surface area contributed by atoms with Gasteiger partial charge in [0.2, 0.25) is 0 Å². The monoisotopic (exact) mass is 345 g/mol. The summed E-state index contributed by atoms with van der Waals surface area (Å²) in [5.41, 5.74) is 1.10. The molecule has 3 rings (SSSR count). The van der Waals surface area contributed by atoms with Crippen LogP contribution in [0, 0.1) is 0 Å². The van der Waals surface area contributed by atoms with E-state index < -0.39 is 0 Å². The number of nitrogens with one attached hydrogen (secondary N) is 1. The van der Waals surface area contributed by atoms with Crippen molar-refractivity contribution in [3.05, 3.63) is 53.2 Å². The number of carbonyl (C=O) groups is 1. The van der Waals surface area contributed by atoms with Gasteiger partial charge >= 0.3 is 0 Å². The van der Waals surface area contributed by atoms with E-state index in [1.807, 2.05) is 36.2 Å². The molecule has 6 heteroatoms. The van der Waals surface area contributed by atoms with Crippen molar-refractivity contribution >= 4 is 23.3 Å². The number of aromatic nitrogens is 1. The Bertz CT molecular complexity index is 723. The molecule has 0 radical (unpaired) electrons. The van der Waals surface area contributed by atoms with Gasteiger partial charge in [-0.3, -0.25) is 4.79 Å². The second-order valence-electron chi connectivity index (χ2n) is 5.69. The Morgan fingerprint density at radius 2 is 2.25 bits per heavy atom.